The van der Waals surface area contributed by atoms with Crippen LogP contribution in [-0.2, 0) is 4.79 Å². The molecule has 6 atom stereocenters. The standard InChI is InChI=1S/C28H37NOS2/c1-27-13-12-22-21(24(27)10-11-25(27)30)9-6-19-16-28(31-14-15-32-28)17-23(26(19)22)18-4-7-20(8-5-18)29(2)3/h4-5,7-8,16,21-24,26H,6,9-15,17H2,1-3H3/t21-,22+,23+,24+,26+,27+/m1/s1. The van der Waals surface area contributed by atoms with Gasteiger partial charge in [-0.15, -0.1) is 23.5 Å². The minimum atomic E-state index is -0.0156. The van der Waals surface area contributed by atoms with Crippen molar-refractivity contribution in [3.63, 3.8) is 0 Å². The van der Waals surface area contributed by atoms with Crippen molar-refractivity contribution in [2.45, 2.75) is 61.9 Å². The van der Waals surface area contributed by atoms with E-state index in [9.17, 15) is 4.79 Å². The van der Waals surface area contributed by atoms with Crippen molar-refractivity contribution < 1.29 is 4.79 Å². The Morgan fingerprint density at radius 2 is 1.72 bits per heavy atom. The van der Waals surface area contributed by atoms with Crippen molar-refractivity contribution in [1.29, 1.82) is 0 Å². The van der Waals surface area contributed by atoms with Crippen molar-refractivity contribution in [3.8, 4) is 0 Å². The Morgan fingerprint density at radius 3 is 2.44 bits per heavy atom. The Morgan fingerprint density at radius 1 is 0.969 bits per heavy atom. The molecule has 4 heteroatoms. The highest BCUT2D eigenvalue weighted by molar-refractivity contribution is 8.21. The lowest BCUT2D eigenvalue weighted by Gasteiger charge is -2.55. The maximum atomic E-state index is 12.8. The van der Waals surface area contributed by atoms with Gasteiger partial charge in [0, 0.05) is 43.1 Å². The molecular formula is C28H37NOS2. The van der Waals surface area contributed by atoms with Crippen LogP contribution in [0, 0.1) is 29.1 Å². The predicted octanol–water partition coefficient (Wildman–Crippen LogP) is 6.76. The molecule has 172 valence electrons. The van der Waals surface area contributed by atoms with E-state index in [1.54, 1.807) is 11.1 Å². The normalized spacial score (nSPS) is 39.9. The summed E-state index contributed by atoms with van der Waals surface area (Å²) in [6.07, 6.45) is 11.0. The van der Waals surface area contributed by atoms with Crippen molar-refractivity contribution in [3.05, 3.63) is 41.5 Å². The van der Waals surface area contributed by atoms with E-state index in [1.807, 2.05) is 0 Å². The van der Waals surface area contributed by atoms with E-state index < -0.39 is 0 Å². The molecule has 2 nitrogen and oxygen atoms in total. The lowest BCUT2D eigenvalue weighted by atomic mass is 9.50. The number of carbonyl (C=O) groups excluding carboxylic acids is 1. The first-order valence-electron chi connectivity index (χ1n) is 12.7. The van der Waals surface area contributed by atoms with Crippen LogP contribution >= 0.6 is 23.5 Å². The molecule has 0 aromatic heterocycles. The van der Waals surface area contributed by atoms with E-state index in [1.165, 1.54) is 42.9 Å². The average Bonchev–Trinajstić information content (AvgIpc) is 3.36. The number of benzene rings is 1. The second kappa shape index (κ2) is 7.83. The molecule has 1 spiro atoms. The van der Waals surface area contributed by atoms with Gasteiger partial charge in [0.1, 0.15) is 5.78 Å². The molecule has 1 aromatic rings. The molecule has 5 aliphatic rings. The molecule has 3 saturated carbocycles. The van der Waals surface area contributed by atoms with Gasteiger partial charge in [0.15, 0.2) is 0 Å². The summed E-state index contributed by atoms with van der Waals surface area (Å²) in [6.45, 7) is 2.31. The first kappa shape index (κ1) is 21.6. The quantitative estimate of drug-likeness (QED) is 0.447. The van der Waals surface area contributed by atoms with Crippen LogP contribution in [0.4, 0.5) is 5.69 Å². The predicted molar refractivity (Wildman–Crippen MR) is 139 cm³/mol. The Kier molecular flexibility index (Phi) is 5.30. The van der Waals surface area contributed by atoms with Crippen molar-refractivity contribution in [1.82, 2.24) is 0 Å². The van der Waals surface area contributed by atoms with E-state index in [-0.39, 0.29) is 5.41 Å². The zero-order valence-electron chi connectivity index (χ0n) is 19.8. The fraction of sp³-hybridized carbons (Fsp3) is 0.679. The van der Waals surface area contributed by atoms with E-state index >= 15 is 0 Å². The number of hydrogen-bond acceptors (Lipinski definition) is 4. The minimum absolute atomic E-state index is 0.0156. The SMILES string of the molecule is CN(C)c1ccc([C@@H]2CC3(C=C4CC[C@@H]5[C@H](CC[C@]6(C)C(=O)CC[C@@H]56)[C@H]42)SCCS3)cc1. The number of nitrogens with zero attached hydrogens (tertiary/aromatic N) is 1. The molecule has 4 aliphatic carbocycles. The highest BCUT2D eigenvalue weighted by atomic mass is 32.2. The molecule has 1 aromatic carbocycles. The second-order valence-electron chi connectivity index (χ2n) is 11.4. The number of anilines is 1. The number of allylic oxidation sites excluding steroid dienone is 1. The number of rotatable bonds is 2. The van der Waals surface area contributed by atoms with Gasteiger partial charge in [-0.3, -0.25) is 4.79 Å². The molecule has 32 heavy (non-hydrogen) atoms. The van der Waals surface area contributed by atoms with Crippen molar-refractivity contribution in [2.75, 3.05) is 30.5 Å². The summed E-state index contributed by atoms with van der Waals surface area (Å²) in [5.41, 5.74) is 4.60. The van der Waals surface area contributed by atoms with E-state index in [0.29, 0.717) is 27.6 Å². The first-order chi connectivity index (χ1) is 15.4. The smallest absolute Gasteiger partial charge is 0.139 e. The molecule has 6 rings (SSSR count). The van der Waals surface area contributed by atoms with Gasteiger partial charge in [-0.25, -0.2) is 0 Å². The maximum Gasteiger partial charge on any atom is 0.139 e. The van der Waals surface area contributed by atoms with Crippen molar-refractivity contribution >= 4 is 35.0 Å². The summed E-state index contributed by atoms with van der Waals surface area (Å²) in [7, 11) is 4.26. The van der Waals surface area contributed by atoms with Crippen LogP contribution in [0.5, 0.6) is 0 Å². The van der Waals surface area contributed by atoms with Gasteiger partial charge >= 0.3 is 0 Å². The molecule has 1 heterocycles. The molecular weight excluding hydrogens is 430 g/mol. The van der Waals surface area contributed by atoms with Crippen LogP contribution in [0.25, 0.3) is 0 Å². The van der Waals surface area contributed by atoms with Crippen LogP contribution < -0.4 is 4.90 Å². The van der Waals surface area contributed by atoms with Crippen LogP contribution in [0.15, 0.2) is 35.9 Å². The third-order valence-electron chi connectivity index (χ3n) is 9.81. The third kappa shape index (κ3) is 3.26. The number of Topliss-reactive ketones (excluding diaryl/α,β-unsaturated/α-hetero) is 1. The van der Waals surface area contributed by atoms with E-state index in [0.717, 1.165) is 31.1 Å². The third-order valence-corrected chi connectivity index (χ3v) is 13.1. The van der Waals surface area contributed by atoms with Gasteiger partial charge in [0.05, 0.1) is 4.08 Å². The Bertz CT molecular complexity index is 931. The lowest BCUT2D eigenvalue weighted by molar-refractivity contribution is -0.131. The van der Waals surface area contributed by atoms with Crippen LogP contribution in [0.1, 0.15) is 63.4 Å². The Hall–Kier alpha value is -0.870. The van der Waals surface area contributed by atoms with Crippen molar-refractivity contribution in [2.24, 2.45) is 29.1 Å². The molecule has 1 aliphatic heterocycles. The van der Waals surface area contributed by atoms with Gasteiger partial charge in [0.25, 0.3) is 0 Å². The summed E-state index contributed by atoms with van der Waals surface area (Å²) < 4.78 is 0.302. The topological polar surface area (TPSA) is 20.3 Å². The highest BCUT2D eigenvalue weighted by Gasteiger charge is 2.58. The summed E-state index contributed by atoms with van der Waals surface area (Å²) in [5, 5.41) is 0. The fourth-order valence-corrected chi connectivity index (χ4v) is 11.5. The molecule has 1 saturated heterocycles. The lowest BCUT2D eigenvalue weighted by Crippen LogP contribution is -2.48. The van der Waals surface area contributed by atoms with Crippen LogP contribution in [0.2, 0.25) is 0 Å². The number of carbonyl (C=O) groups is 1. The Labute approximate surface area is 202 Å². The van der Waals surface area contributed by atoms with E-state index in [2.05, 4.69) is 79.8 Å². The zero-order valence-corrected chi connectivity index (χ0v) is 21.4. The van der Waals surface area contributed by atoms with Gasteiger partial charge in [0.2, 0.25) is 0 Å². The van der Waals surface area contributed by atoms with Gasteiger partial charge < -0.3 is 4.90 Å². The minimum Gasteiger partial charge on any atom is -0.378 e. The van der Waals surface area contributed by atoms with E-state index in [4.69, 9.17) is 0 Å². The number of fused-ring (bicyclic) bond motifs is 5. The largest absolute Gasteiger partial charge is 0.378 e. The van der Waals surface area contributed by atoms with Crippen LogP contribution in [0.3, 0.4) is 0 Å². The number of ketones is 1. The van der Waals surface area contributed by atoms with Gasteiger partial charge in [-0.1, -0.05) is 30.7 Å². The molecule has 0 amide bonds. The highest BCUT2D eigenvalue weighted by Crippen LogP contribution is 2.65. The average molecular weight is 468 g/mol. The number of thioether (sulfide) groups is 2. The molecule has 0 N–H and O–H groups in total. The molecule has 0 bridgehead atoms. The molecule has 0 radical (unpaired) electrons. The monoisotopic (exact) mass is 467 g/mol. The first-order valence-corrected chi connectivity index (χ1v) is 14.7. The maximum absolute atomic E-state index is 12.8. The van der Waals surface area contributed by atoms with Gasteiger partial charge in [-0.2, -0.15) is 0 Å². The zero-order chi connectivity index (χ0) is 22.1. The fourth-order valence-electron chi connectivity index (χ4n) is 8.24. The summed E-state index contributed by atoms with van der Waals surface area (Å²) in [4.78, 5) is 15.0. The van der Waals surface area contributed by atoms with Gasteiger partial charge in [-0.05, 0) is 85.8 Å². The number of hydrogen-bond donors (Lipinski definition) is 0. The summed E-state index contributed by atoms with van der Waals surface area (Å²) in [5.74, 6) is 6.62. The molecule has 0 unspecified atom stereocenters. The summed E-state index contributed by atoms with van der Waals surface area (Å²) in [6, 6.07) is 9.50. The Balaban J connectivity index is 1.39. The van der Waals surface area contributed by atoms with Crippen LogP contribution in [-0.4, -0.2) is 35.5 Å². The summed E-state index contributed by atoms with van der Waals surface area (Å²) >= 11 is 4.41. The second-order valence-corrected chi connectivity index (χ2v) is 14.6. The molecule has 4 fully saturated rings.